The molecule has 2 aliphatic carbocycles. The first-order chi connectivity index (χ1) is 13.8. The van der Waals surface area contributed by atoms with Crippen LogP contribution in [0.1, 0.15) is 75.6 Å². The van der Waals surface area contributed by atoms with Gasteiger partial charge in [-0.25, -0.2) is 13.1 Å². The number of methoxy groups -OCH3 is 1. The molecule has 162 valence electrons. The van der Waals surface area contributed by atoms with Gasteiger partial charge in [0.2, 0.25) is 10.0 Å². The molecule has 0 radical (unpaired) electrons. The van der Waals surface area contributed by atoms with Gasteiger partial charge in [0.1, 0.15) is 10.6 Å². The summed E-state index contributed by atoms with van der Waals surface area (Å²) in [6.07, 6.45) is 8.40. The van der Waals surface area contributed by atoms with Gasteiger partial charge in [0.25, 0.3) is 5.91 Å². The Morgan fingerprint density at radius 3 is 2.14 bits per heavy atom. The fraction of sp³-hybridized carbons (Fsp3) is 0.682. The lowest BCUT2D eigenvalue weighted by Crippen LogP contribution is -2.42. The summed E-state index contributed by atoms with van der Waals surface area (Å²) >= 11 is 0. The fourth-order valence-electron chi connectivity index (χ4n) is 4.56. The lowest BCUT2D eigenvalue weighted by Gasteiger charge is -2.30. The maximum absolute atomic E-state index is 13.1. The van der Waals surface area contributed by atoms with Crippen LogP contribution in [0.5, 0.6) is 5.75 Å². The van der Waals surface area contributed by atoms with E-state index >= 15 is 0 Å². The molecule has 3 rings (SSSR count). The lowest BCUT2D eigenvalue weighted by atomic mass is 9.86. The molecule has 0 aliphatic heterocycles. The summed E-state index contributed by atoms with van der Waals surface area (Å²) in [5.74, 6) is 0.754. The quantitative estimate of drug-likeness (QED) is 0.729. The van der Waals surface area contributed by atoms with Crippen LogP contribution in [0.2, 0.25) is 0 Å². The predicted octanol–water partition coefficient (Wildman–Crippen LogP) is 3.86. The second-order valence-electron chi connectivity index (χ2n) is 8.70. The molecule has 1 aromatic rings. The largest absolute Gasteiger partial charge is 0.495 e. The highest BCUT2D eigenvalue weighted by Gasteiger charge is 2.30. The van der Waals surface area contributed by atoms with Gasteiger partial charge in [0, 0.05) is 17.6 Å². The van der Waals surface area contributed by atoms with Gasteiger partial charge < -0.3 is 10.1 Å². The van der Waals surface area contributed by atoms with Crippen LogP contribution in [-0.4, -0.2) is 33.5 Å². The van der Waals surface area contributed by atoms with Crippen LogP contribution >= 0.6 is 0 Å². The molecule has 7 heteroatoms. The lowest BCUT2D eigenvalue weighted by molar-refractivity contribution is 0.0910. The molecule has 4 unspecified atom stereocenters. The zero-order valence-corrected chi connectivity index (χ0v) is 18.6. The van der Waals surface area contributed by atoms with Gasteiger partial charge in [0.15, 0.2) is 0 Å². The van der Waals surface area contributed by atoms with Gasteiger partial charge in [-0.3, -0.25) is 4.79 Å². The van der Waals surface area contributed by atoms with Crippen LogP contribution in [0.15, 0.2) is 23.1 Å². The topological polar surface area (TPSA) is 84.5 Å². The van der Waals surface area contributed by atoms with E-state index in [1.807, 2.05) is 0 Å². The van der Waals surface area contributed by atoms with Gasteiger partial charge in [-0.2, -0.15) is 0 Å². The summed E-state index contributed by atoms with van der Waals surface area (Å²) in [7, 11) is -2.34. The standard InChI is InChI=1S/C22H34N2O4S/c1-15-8-4-6-10-18(15)23-22(25)17-12-13-20(28-3)21(14-17)29(26,27)24-19-11-7-5-9-16(19)2/h12-16,18-19,24H,4-11H2,1-3H3,(H,23,25). The molecule has 2 saturated carbocycles. The third-order valence-electron chi connectivity index (χ3n) is 6.56. The van der Waals surface area contributed by atoms with Gasteiger partial charge in [-0.15, -0.1) is 0 Å². The van der Waals surface area contributed by atoms with Crippen molar-refractivity contribution in [1.82, 2.24) is 10.0 Å². The molecule has 29 heavy (non-hydrogen) atoms. The Hall–Kier alpha value is -1.60. The van der Waals surface area contributed by atoms with Crippen molar-refractivity contribution < 1.29 is 17.9 Å². The Morgan fingerprint density at radius 2 is 1.55 bits per heavy atom. The zero-order valence-electron chi connectivity index (χ0n) is 17.7. The first-order valence-corrected chi connectivity index (χ1v) is 12.3. The summed E-state index contributed by atoms with van der Waals surface area (Å²) in [5, 5.41) is 3.09. The summed E-state index contributed by atoms with van der Waals surface area (Å²) < 4.78 is 34.4. The molecule has 0 heterocycles. The number of ether oxygens (including phenoxy) is 1. The Labute approximate surface area is 174 Å². The summed E-state index contributed by atoms with van der Waals surface area (Å²) in [5.41, 5.74) is 0.348. The SMILES string of the molecule is COc1ccc(C(=O)NC2CCCCC2C)cc1S(=O)(=O)NC1CCCCC1C. The van der Waals surface area contributed by atoms with E-state index in [-0.39, 0.29) is 28.6 Å². The van der Waals surface area contributed by atoms with Gasteiger partial charge in [-0.1, -0.05) is 39.5 Å². The minimum Gasteiger partial charge on any atom is -0.495 e. The number of sulfonamides is 1. The monoisotopic (exact) mass is 422 g/mol. The van der Waals surface area contributed by atoms with E-state index in [0.717, 1.165) is 44.9 Å². The van der Waals surface area contributed by atoms with Crippen LogP contribution in [0.25, 0.3) is 0 Å². The Morgan fingerprint density at radius 1 is 0.966 bits per heavy atom. The van der Waals surface area contributed by atoms with Crippen molar-refractivity contribution in [3.05, 3.63) is 23.8 Å². The van der Waals surface area contributed by atoms with Crippen LogP contribution in [0, 0.1) is 11.8 Å². The smallest absolute Gasteiger partial charge is 0.251 e. The van der Waals surface area contributed by atoms with Crippen molar-refractivity contribution in [1.29, 1.82) is 0 Å². The number of nitrogens with one attached hydrogen (secondary N) is 2. The second kappa shape index (κ2) is 9.47. The third kappa shape index (κ3) is 5.31. The predicted molar refractivity (Wildman–Crippen MR) is 114 cm³/mol. The summed E-state index contributed by atoms with van der Waals surface area (Å²) in [6, 6.07) is 4.69. The molecule has 0 saturated heterocycles. The number of amides is 1. The normalized spacial score (nSPS) is 28.0. The first kappa shape index (κ1) is 22.1. The molecule has 1 amide bonds. The molecule has 2 N–H and O–H groups in total. The van der Waals surface area contributed by atoms with Crippen LogP contribution in [0.4, 0.5) is 0 Å². The molecule has 0 spiro atoms. The van der Waals surface area contributed by atoms with E-state index in [9.17, 15) is 13.2 Å². The molecular weight excluding hydrogens is 388 g/mol. The van der Waals surface area contributed by atoms with E-state index in [0.29, 0.717) is 17.4 Å². The number of hydrogen-bond acceptors (Lipinski definition) is 4. The van der Waals surface area contributed by atoms with Crippen molar-refractivity contribution >= 4 is 15.9 Å². The van der Waals surface area contributed by atoms with Crippen molar-refractivity contribution in [2.24, 2.45) is 11.8 Å². The van der Waals surface area contributed by atoms with Crippen LogP contribution in [-0.2, 0) is 10.0 Å². The highest BCUT2D eigenvalue weighted by molar-refractivity contribution is 7.89. The minimum absolute atomic E-state index is 0.0297. The number of benzene rings is 1. The molecule has 2 fully saturated rings. The van der Waals surface area contributed by atoms with E-state index in [1.54, 1.807) is 12.1 Å². The number of carbonyl (C=O) groups excluding carboxylic acids is 1. The minimum atomic E-state index is -3.79. The number of hydrogen-bond donors (Lipinski definition) is 2. The molecule has 6 nitrogen and oxygen atoms in total. The second-order valence-corrected chi connectivity index (χ2v) is 10.4. The van der Waals surface area contributed by atoms with E-state index in [1.165, 1.54) is 19.6 Å². The van der Waals surface area contributed by atoms with E-state index in [4.69, 9.17) is 4.74 Å². The molecule has 1 aromatic carbocycles. The van der Waals surface area contributed by atoms with Gasteiger partial charge in [0.05, 0.1) is 7.11 Å². The highest BCUT2D eigenvalue weighted by atomic mass is 32.2. The average molecular weight is 423 g/mol. The third-order valence-corrected chi connectivity index (χ3v) is 8.07. The molecular formula is C22H34N2O4S. The summed E-state index contributed by atoms with van der Waals surface area (Å²) in [6.45, 7) is 4.24. The summed E-state index contributed by atoms with van der Waals surface area (Å²) in [4.78, 5) is 12.8. The van der Waals surface area contributed by atoms with Gasteiger partial charge >= 0.3 is 0 Å². The molecule has 0 aromatic heterocycles. The number of carbonyl (C=O) groups is 1. The molecule has 2 aliphatic rings. The Balaban J connectivity index is 1.81. The maximum atomic E-state index is 13.1. The number of rotatable bonds is 6. The van der Waals surface area contributed by atoms with Crippen LogP contribution < -0.4 is 14.8 Å². The van der Waals surface area contributed by atoms with Crippen molar-refractivity contribution in [2.45, 2.75) is 82.2 Å². The molecule has 0 bridgehead atoms. The Bertz CT molecular complexity index is 824. The van der Waals surface area contributed by atoms with Crippen LogP contribution in [0.3, 0.4) is 0 Å². The van der Waals surface area contributed by atoms with Crippen molar-refractivity contribution in [2.75, 3.05) is 7.11 Å². The van der Waals surface area contributed by atoms with Crippen molar-refractivity contribution in [3.63, 3.8) is 0 Å². The van der Waals surface area contributed by atoms with Crippen molar-refractivity contribution in [3.8, 4) is 5.75 Å². The Kier molecular flexibility index (Phi) is 7.22. The van der Waals surface area contributed by atoms with E-state index in [2.05, 4.69) is 23.9 Å². The van der Waals surface area contributed by atoms with Gasteiger partial charge in [-0.05, 0) is 55.7 Å². The fourth-order valence-corrected chi connectivity index (χ4v) is 6.14. The first-order valence-electron chi connectivity index (χ1n) is 10.8. The maximum Gasteiger partial charge on any atom is 0.251 e. The average Bonchev–Trinajstić information content (AvgIpc) is 2.70. The zero-order chi connectivity index (χ0) is 21.0. The highest BCUT2D eigenvalue weighted by Crippen LogP contribution is 2.29. The van der Waals surface area contributed by atoms with E-state index < -0.39 is 10.0 Å². The molecule has 4 atom stereocenters.